The van der Waals surface area contributed by atoms with Gasteiger partial charge < -0.3 is 0 Å². The smallest absolute Gasteiger partial charge is 0.0578 e. The Morgan fingerprint density at radius 1 is 1.67 bits per heavy atom. The number of rotatable bonds is 4. The molecular formula is C9H10N2S. The van der Waals surface area contributed by atoms with E-state index in [-0.39, 0.29) is 0 Å². The standard InChI is InChI=1S/C9H10N2S/c1-3-12-8(2)4-5-9-6-7-10-11-9/h3-7H,1-2H2,(H,10,11)/b5-4+. The molecule has 0 aliphatic carbocycles. The predicted octanol–water partition coefficient (Wildman–Crippen LogP) is 2.81. The summed E-state index contributed by atoms with van der Waals surface area (Å²) in [6, 6.07) is 1.89. The van der Waals surface area contributed by atoms with Crippen LogP contribution in [-0.2, 0) is 0 Å². The van der Waals surface area contributed by atoms with Crippen molar-refractivity contribution < 1.29 is 0 Å². The number of thioether (sulfide) groups is 1. The summed E-state index contributed by atoms with van der Waals surface area (Å²) in [5.74, 6) is 0. The molecule has 0 aromatic carbocycles. The summed E-state index contributed by atoms with van der Waals surface area (Å²) >= 11 is 1.50. The largest absolute Gasteiger partial charge is 0.278 e. The zero-order valence-electron chi connectivity index (χ0n) is 6.66. The van der Waals surface area contributed by atoms with Crippen LogP contribution in [0.15, 0.2) is 41.8 Å². The van der Waals surface area contributed by atoms with Crippen molar-refractivity contribution in [3.8, 4) is 0 Å². The van der Waals surface area contributed by atoms with Crippen LogP contribution in [0.1, 0.15) is 5.69 Å². The van der Waals surface area contributed by atoms with Crippen LogP contribution in [0.4, 0.5) is 0 Å². The van der Waals surface area contributed by atoms with E-state index in [0.29, 0.717) is 0 Å². The summed E-state index contributed by atoms with van der Waals surface area (Å²) in [7, 11) is 0. The quantitative estimate of drug-likeness (QED) is 0.718. The van der Waals surface area contributed by atoms with Gasteiger partial charge >= 0.3 is 0 Å². The van der Waals surface area contributed by atoms with Gasteiger partial charge in [-0.15, -0.1) is 0 Å². The maximum atomic E-state index is 3.81. The van der Waals surface area contributed by atoms with Crippen molar-refractivity contribution in [3.63, 3.8) is 0 Å². The van der Waals surface area contributed by atoms with E-state index in [1.807, 2.05) is 18.2 Å². The van der Waals surface area contributed by atoms with Crippen LogP contribution in [-0.4, -0.2) is 10.2 Å². The SMILES string of the molecule is C=CSC(=C)/C=C/c1ccn[nH]1. The molecule has 0 aliphatic heterocycles. The van der Waals surface area contributed by atoms with Gasteiger partial charge in [-0.2, -0.15) is 5.10 Å². The average Bonchev–Trinajstić information content (AvgIpc) is 2.53. The molecule has 1 aromatic heterocycles. The van der Waals surface area contributed by atoms with Crippen molar-refractivity contribution >= 4 is 17.8 Å². The third-order valence-corrected chi connectivity index (χ3v) is 1.81. The number of H-pyrrole nitrogens is 1. The van der Waals surface area contributed by atoms with E-state index in [9.17, 15) is 0 Å². The van der Waals surface area contributed by atoms with Gasteiger partial charge in [0.05, 0.1) is 5.69 Å². The highest BCUT2D eigenvalue weighted by molar-refractivity contribution is 8.05. The molecule has 0 bridgehead atoms. The highest BCUT2D eigenvalue weighted by atomic mass is 32.2. The minimum Gasteiger partial charge on any atom is -0.278 e. The topological polar surface area (TPSA) is 28.7 Å². The van der Waals surface area contributed by atoms with Gasteiger partial charge in [-0.25, -0.2) is 0 Å². The Bertz CT molecular complexity index is 285. The fraction of sp³-hybridized carbons (Fsp3) is 0. The molecule has 0 saturated heterocycles. The Labute approximate surface area is 76.1 Å². The Hall–Kier alpha value is -1.22. The number of aromatic nitrogens is 2. The average molecular weight is 178 g/mol. The summed E-state index contributed by atoms with van der Waals surface area (Å²) in [5.41, 5.74) is 0.973. The minimum atomic E-state index is 0.958. The molecule has 0 atom stereocenters. The van der Waals surface area contributed by atoms with Crippen molar-refractivity contribution in [2.75, 3.05) is 0 Å². The van der Waals surface area contributed by atoms with E-state index in [2.05, 4.69) is 23.4 Å². The van der Waals surface area contributed by atoms with Crippen molar-refractivity contribution in [2.24, 2.45) is 0 Å². The molecule has 0 unspecified atom stereocenters. The minimum absolute atomic E-state index is 0.958. The lowest BCUT2D eigenvalue weighted by Gasteiger charge is -1.90. The van der Waals surface area contributed by atoms with Crippen molar-refractivity contribution in [1.82, 2.24) is 10.2 Å². The van der Waals surface area contributed by atoms with Crippen LogP contribution in [0.25, 0.3) is 6.08 Å². The first-order valence-electron chi connectivity index (χ1n) is 3.47. The summed E-state index contributed by atoms with van der Waals surface area (Å²) < 4.78 is 0. The molecule has 1 heterocycles. The van der Waals surface area contributed by atoms with Gasteiger partial charge in [-0.05, 0) is 23.6 Å². The van der Waals surface area contributed by atoms with Gasteiger partial charge in [0.1, 0.15) is 0 Å². The van der Waals surface area contributed by atoms with Gasteiger partial charge in [0, 0.05) is 11.1 Å². The molecule has 12 heavy (non-hydrogen) atoms. The molecular weight excluding hydrogens is 168 g/mol. The second-order valence-electron chi connectivity index (χ2n) is 2.10. The number of nitrogens with zero attached hydrogens (tertiary/aromatic N) is 1. The van der Waals surface area contributed by atoms with Crippen LogP contribution >= 0.6 is 11.8 Å². The molecule has 1 rings (SSSR count). The molecule has 0 aliphatic rings. The molecule has 1 N–H and O–H groups in total. The Morgan fingerprint density at radius 2 is 2.50 bits per heavy atom. The lowest BCUT2D eigenvalue weighted by molar-refractivity contribution is 1.08. The second-order valence-corrected chi connectivity index (χ2v) is 3.19. The van der Waals surface area contributed by atoms with Crippen molar-refractivity contribution in [1.29, 1.82) is 0 Å². The molecule has 62 valence electrons. The molecule has 0 spiro atoms. The van der Waals surface area contributed by atoms with Gasteiger partial charge in [-0.1, -0.05) is 24.9 Å². The van der Waals surface area contributed by atoms with E-state index >= 15 is 0 Å². The highest BCUT2D eigenvalue weighted by Gasteiger charge is 1.86. The van der Waals surface area contributed by atoms with Crippen molar-refractivity contribution in [3.05, 3.63) is 47.5 Å². The molecule has 2 nitrogen and oxygen atoms in total. The molecule has 0 amide bonds. The molecule has 0 radical (unpaired) electrons. The van der Waals surface area contributed by atoms with Gasteiger partial charge in [-0.3, -0.25) is 5.10 Å². The zero-order valence-corrected chi connectivity index (χ0v) is 7.47. The fourth-order valence-electron chi connectivity index (χ4n) is 0.689. The maximum absolute atomic E-state index is 3.81. The van der Waals surface area contributed by atoms with E-state index < -0.39 is 0 Å². The third-order valence-electron chi connectivity index (χ3n) is 1.21. The number of hydrogen-bond acceptors (Lipinski definition) is 2. The van der Waals surface area contributed by atoms with Gasteiger partial charge in [0.2, 0.25) is 0 Å². The number of hydrogen-bond donors (Lipinski definition) is 1. The first-order valence-corrected chi connectivity index (χ1v) is 4.35. The molecule has 1 aromatic rings. The summed E-state index contributed by atoms with van der Waals surface area (Å²) in [5, 5.41) is 8.38. The monoisotopic (exact) mass is 178 g/mol. The van der Waals surface area contributed by atoms with Crippen LogP contribution < -0.4 is 0 Å². The van der Waals surface area contributed by atoms with E-state index in [0.717, 1.165) is 10.6 Å². The Kier molecular flexibility index (Phi) is 3.41. The third kappa shape index (κ3) is 2.80. The maximum Gasteiger partial charge on any atom is 0.0578 e. The summed E-state index contributed by atoms with van der Waals surface area (Å²) in [4.78, 5) is 0.958. The van der Waals surface area contributed by atoms with E-state index in [4.69, 9.17) is 0 Å². The molecule has 0 fully saturated rings. The fourth-order valence-corrected chi connectivity index (χ4v) is 1.05. The van der Waals surface area contributed by atoms with Crippen LogP contribution in [0.5, 0.6) is 0 Å². The van der Waals surface area contributed by atoms with Crippen LogP contribution in [0, 0.1) is 0 Å². The lowest BCUT2D eigenvalue weighted by Crippen LogP contribution is -1.70. The lowest BCUT2D eigenvalue weighted by atomic mass is 10.4. The van der Waals surface area contributed by atoms with Crippen LogP contribution in [0.2, 0.25) is 0 Å². The summed E-state index contributed by atoms with van der Waals surface area (Å²) in [6.45, 7) is 7.41. The van der Waals surface area contributed by atoms with Crippen molar-refractivity contribution in [2.45, 2.75) is 0 Å². The normalized spacial score (nSPS) is 10.3. The summed E-state index contributed by atoms with van der Waals surface area (Å²) in [6.07, 6.45) is 5.55. The molecule has 3 heteroatoms. The van der Waals surface area contributed by atoms with Crippen LogP contribution in [0.3, 0.4) is 0 Å². The van der Waals surface area contributed by atoms with Gasteiger partial charge in [0.15, 0.2) is 0 Å². The van der Waals surface area contributed by atoms with Gasteiger partial charge in [0.25, 0.3) is 0 Å². The Balaban J connectivity index is 2.50. The Morgan fingerprint density at radius 3 is 3.08 bits per heavy atom. The highest BCUT2D eigenvalue weighted by Crippen LogP contribution is 2.15. The number of aromatic amines is 1. The first kappa shape index (κ1) is 8.87. The number of allylic oxidation sites excluding steroid dienone is 1. The molecule has 0 saturated carbocycles. The first-order chi connectivity index (χ1) is 5.83. The van der Waals surface area contributed by atoms with E-state index in [1.54, 1.807) is 11.6 Å². The zero-order chi connectivity index (χ0) is 8.81. The van der Waals surface area contributed by atoms with E-state index in [1.165, 1.54) is 11.8 Å². The predicted molar refractivity (Wildman–Crippen MR) is 54.5 cm³/mol. The number of nitrogens with one attached hydrogen (secondary N) is 1. The second kappa shape index (κ2) is 4.62.